The Morgan fingerprint density at radius 1 is 1.11 bits per heavy atom. The molecule has 0 aliphatic heterocycles. The summed E-state index contributed by atoms with van der Waals surface area (Å²) in [5.41, 5.74) is 4.00. The number of rotatable bonds is 3. The van der Waals surface area contributed by atoms with E-state index in [9.17, 15) is 0 Å². The van der Waals surface area contributed by atoms with Gasteiger partial charge in [-0.05, 0) is 64.5 Å². The second kappa shape index (κ2) is 5.11. The van der Waals surface area contributed by atoms with Crippen LogP contribution in [0.4, 0.5) is 0 Å². The summed E-state index contributed by atoms with van der Waals surface area (Å²) < 4.78 is 6.80. The van der Waals surface area contributed by atoms with E-state index in [4.69, 9.17) is 4.74 Å². The van der Waals surface area contributed by atoms with E-state index in [1.165, 1.54) is 30.4 Å². The first-order valence-corrected chi connectivity index (χ1v) is 6.94. The van der Waals surface area contributed by atoms with Gasteiger partial charge in [-0.25, -0.2) is 0 Å². The Kier molecular flexibility index (Phi) is 3.33. The van der Waals surface area contributed by atoms with Crippen molar-refractivity contribution in [2.24, 2.45) is 0 Å². The number of pyridine rings is 1. The first-order chi connectivity index (χ1) is 8.81. The van der Waals surface area contributed by atoms with Gasteiger partial charge >= 0.3 is 0 Å². The average Bonchev–Trinajstić information content (AvgIpc) is 2.84. The van der Waals surface area contributed by atoms with Crippen LogP contribution in [0.15, 0.2) is 41.1 Å². The molecule has 1 aliphatic rings. The molecular weight excluding hydrogens is 290 g/mol. The van der Waals surface area contributed by atoms with E-state index in [0.717, 1.165) is 15.8 Å². The number of halogens is 1. The minimum Gasteiger partial charge on any atom is -0.489 e. The molecular formula is C15H14BrNO. The molecule has 3 rings (SSSR count). The summed E-state index contributed by atoms with van der Waals surface area (Å²) >= 11 is 3.41. The van der Waals surface area contributed by atoms with Crippen LogP contribution >= 0.6 is 15.9 Å². The molecule has 0 radical (unpaired) electrons. The Hall–Kier alpha value is -1.35. The first kappa shape index (κ1) is 11.7. The maximum absolute atomic E-state index is 5.81. The zero-order valence-electron chi connectivity index (χ0n) is 10.0. The molecule has 0 amide bonds. The van der Waals surface area contributed by atoms with Crippen LogP contribution in [0.1, 0.15) is 23.1 Å². The summed E-state index contributed by atoms with van der Waals surface area (Å²) in [6.07, 6.45) is 7.28. The number of nitrogens with zero attached hydrogens (tertiary/aromatic N) is 1. The van der Waals surface area contributed by atoms with Crippen molar-refractivity contribution in [1.29, 1.82) is 0 Å². The Labute approximate surface area is 115 Å². The quantitative estimate of drug-likeness (QED) is 0.857. The summed E-state index contributed by atoms with van der Waals surface area (Å²) in [6.45, 7) is 0.561. The summed E-state index contributed by atoms with van der Waals surface area (Å²) in [6, 6.07) is 8.46. The van der Waals surface area contributed by atoms with Gasteiger partial charge in [0.2, 0.25) is 0 Å². The number of fused-ring (bicyclic) bond motifs is 1. The molecule has 0 N–H and O–H groups in total. The van der Waals surface area contributed by atoms with Gasteiger partial charge in [-0.3, -0.25) is 4.98 Å². The van der Waals surface area contributed by atoms with Crippen LogP contribution in [0.25, 0.3) is 0 Å². The fourth-order valence-electron chi connectivity index (χ4n) is 2.34. The minimum atomic E-state index is 0.561. The maximum Gasteiger partial charge on any atom is 0.120 e. The number of benzene rings is 1. The van der Waals surface area contributed by atoms with Gasteiger partial charge in [-0.2, -0.15) is 0 Å². The van der Waals surface area contributed by atoms with Crippen LogP contribution in [0, 0.1) is 0 Å². The second-order valence-corrected chi connectivity index (χ2v) is 5.50. The largest absolute Gasteiger partial charge is 0.489 e. The summed E-state index contributed by atoms with van der Waals surface area (Å²) in [7, 11) is 0. The molecule has 0 spiro atoms. The van der Waals surface area contributed by atoms with E-state index in [1.54, 1.807) is 6.20 Å². The fourth-order valence-corrected chi connectivity index (χ4v) is 2.75. The minimum absolute atomic E-state index is 0.561. The third-order valence-electron chi connectivity index (χ3n) is 3.24. The third-order valence-corrected chi connectivity index (χ3v) is 3.67. The highest BCUT2D eigenvalue weighted by Crippen LogP contribution is 2.26. The molecule has 2 aromatic rings. The van der Waals surface area contributed by atoms with E-state index >= 15 is 0 Å². The smallest absolute Gasteiger partial charge is 0.120 e. The highest BCUT2D eigenvalue weighted by atomic mass is 79.9. The lowest BCUT2D eigenvalue weighted by Gasteiger charge is -2.08. The first-order valence-electron chi connectivity index (χ1n) is 6.15. The van der Waals surface area contributed by atoms with Gasteiger partial charge in [-0.15, -0.1) is 0 Å². The molecule has 1 aromatic carbocycles. The van der Waals surface area contributed by atoms with E-state index < -0.39 is 0 Å². The molecule has 3 heteroatoms. The lowest BCUT2D eigenvalue weighted by molar-refractivity contribution is 0.305. The second-order valence-electron chi connectivity index (χ2n) is 4.58. The van der Waals surface area contributed by atoms with E-state index in [2.05, 4.69) is 39.1 Å². The number of aromatic nitrogens is 1. The summed E-state index contributed by atoms with van der Waals surface area (Å²) in [4.78, 5) is 4.13. The molecule has 1 aromatic heterocycles. The van der Waals surface area contributed by atoms with E-state index in [-0.39, 0.29) is 0 Å². The van der Waals surface area contributed by atoms with Crippen molar-refractivity contribution >= 4 is 15.9 Å². The van der Waals surface area contributed by atoms with Gasteiger partial charge in [0.25, 0.3) is 0 Å². The Balaban J connectivity index is 1.70. The van der Waals surface area contributed by atoms with Gasteiger partial charge < -0.3 is 4.74 Å². The van der Waals surface area contributed by atoms with Crippen LogP contribution in [0.5, 0.6) is 5.75 Å². The monoisotopic (exact) mass is 303 g/mol. The topological polar surface area (TPSA) is 22.1 Å². The molecule has 0 fully saturated rings. The summed E-state index contributed by atoms with van der Waals surface area (Å²) in [5.74, 6) is 0.954. The molecule has 2 nitrogen and oxygen atoms in total. The van der Waals surface area contributed by atoms with Gasteiger partial charge in [0.05, 0.1) is 0 Å². The van der Waals surface area contributed by atoms with Gasteiger partial charge in [-0.1, -0.05) is 6.07 Å². The average molecular weight is 304 g/mol. The van der Waals surface area contributed by atoms with Crippen LogP contribution in [0.2, 0.25) is 0 Å². The van der Waals surface area contributed by atoms with Crippen LogP contribution in [0.3, 0.4) is 0 Å². The van der Waals surface area contributed by atoms with Crippen molar-refractivity contribution in [1.82, 2.24) is 4.98 Å². The molecule has 92 valence electrons. The Morgan fingerprint density at radius 2 is 2.00 bits per heavy atom. The fraction of sp³-hybridized carbons (Fsp3) is 0.267. The zero-order valence-corrected chi connectivity index (χ0v) is 11.6. The lowest BCUT2D eigenvalue weighted by atomic mass is 10.1. The highest BCUT2D eigenvalue weighted by molar-refractivity contribution is 9.10. The van der Waals surface area contributed by atoms with Gasteiger partial charge in [0, 0.05) is 22.4 Å². The van der Waals surface area contributed by atoms with E-state index in [1.807, 2.05) is 12.3 Å². The molecule has 1 aliphatic carbocycles. The van der Waals surface area contributed by atoms with Crippen LogP contribution in [-0.2, 0) is 19.4 Å². The van der Waals surface area contributed by atoms with Gasteiger partial charge in [0.15, 0.2) is 0 Å². The zero-order chi connectivity index (χ0) is 12.4. The van der Waals surface area contributed by atoms with Crippen molar-refractivity contribution in [2.75, 3.05) is 0 Å². The predicted octanol–water partition coefficient (Wildman–Crippen LogP) is 3.91. The normalized spacial score (nSPS) is 13.4. The number of aryl methyl sites for hydroxylation is 2. The highest BCUT2D eigenvalue weighted by Gasteiger charge is 2.11. The number of hydrogen-bond acceptors (Lipinski definition) is 2. The molecule has 18 heavy (non-hydrogen) atoms. The Morgan fingerprint density at radius 3 is 2.89 bits per heavy atom. The third kappa shape index (κ3) is 2.56. The lowest BCUT2D eigenvalue weighted by Crippen LogP contribution is -1.97. The maximum atomic E-state index is 5.81. The van der Waals surface area contributed by atoms with Crippen molar-refractivity contribution < 1.29 is 4.74 Å². The van der Waals surface area contributed by atoms with E-state index in [0.29, 0.717) is 6.61 Å². The molecule has 0 saturated heterocycles. The molecule has 1 heterocycles. The van der Waals surface area contributed by atoms with Crippen molar-refractivity contribution in [2.45, 2.75) is 25.9 Å². The van der Waals surface area contributed by atoms with Crippen molar-refractivity contribution in [3.63, 3.8) is 0 Å². The standard InChI is InChI=1S/C15H14BrNO/c16-14-6-11(8-17-9-14)10-18-15-5-4-12-2-1-3-13(12)7-15/h4-9H,1-3,10H2. The summed E-state index contributed by atoms with van der Waals surface area (Å²) in [5, 5.41) is 0. The predicted molar refractivity (Wildman–Crippen MR) is 74.7 cm³/mol. The van der Waals surface area contributed by atoms with Crippen molar-refractivity contribution in [3.05, 3.63) is 57.8 Å². The molecule has 0 bridgehead atoms. The molecule has 0 atom stereocenters. The Bertz CT molecular complexity index is 568. The van der Waals surface area contributed by atoms with Gasteiger partial charge in [0.1, 0.15) is 12.4 Å². The SMILES string of the molecule is Brc1cncc(COc2ccc3c(c2)CCC3)c1. The number of hydrogen-bond donors (Lipinski definition) is 0. The van der Waals surface area contributed by atoms with Crippen LogP contribution in [-0.4, -0.2) is 4.98 Å². The molecule has 0 saturated carbocycles. The number of ether oxygens (including phenoxy) is 1. The molecule has 0 unspecified atom stereocenters. The van der Waals surface area contributed by atoms with Crippen molar-refractivity contribution in [3.8, 4) is 5.75 Å². The van der Waals surface area contributed by atoms with Crippen LogP contribution < -0.4 is 4.74 Å².